The number of nitrogens with zero attached hydrogens (tertiary/aromatic N) is 1. The third-order valence-electron chi connectivity index (χ3n) is 2.82. The quantitative estimate of drug-likeness (QED) is 0.665. The average molecular weight is 329 g/mol. The number of thiophene rings is 1. The van der Waals surface area contributed by atoms with E-state index >= 15 is 0 Å². The SMILES string of the molecule is Cc1cc(CN(CCC(=O)OC(C)(C)C)C(N)=S)c(C)s1. The molecule has 118 valence electrons. The highest BCUT2D eigenvalue weighted by molar-refractivity contribution is 7.80. The number of nitrogens with two attached hydrogens (primary N) is 1. The number of hydrogen-bond donors (Lipinski definition) is 1. The van der Waals surface area contributed by atoms with Crippen molar-refractivity contribution < 1.29 is 9.53 Å². The van der Waals surface area contributed by atoms with E-state index in [-0.39, 0.29) is 12.4 Å². The van der Waals surface area contributed by atoms with Crippen LogP contribution in [0.15, 0.2) is 6.07 Å². The number of esters is 1. The van der Waals surface area contributed by atoms with E-state index < -0.39 is 5.60 Å². The first kappa shape index (κ1) is 17.9. The molecule has 0 saturated heterocycles. The second-order valence-electron chi connectivity index (χ2n) is 6.03. The Morgan fingerprint density at radius 1 is 1.43 bits per heavy atom. The maximum atomic E-state index is 11.8. The van der Waals surface area contributed by atoms with Crippen LogP contribution in [0.2, 0.25) is 0 Å². The van der Waals surface area contributed by atoms with Gasteiger partial charge < -0.3 is 15.4 Å². The molecule has 0 saturated carbocycles. The van der Waals surface area contributed by atoms with Crippen LogP contribution in [0.5, 0.6) is 0 Å². The van der Waals surface area contributed by atoms with Gasteiger partial charge in [-0.2, -0.15) is 0 Å². The third-order valence-corrected chi connectivity index (χ3v) is 4.09. The van der Waals surface area contributed by atoms with Gasteiger partial charge in [0.25, 0.3) is 0 Å². The van der Waals surface area contributed by atoms with Crippen LogP contribution in [-0.2, 0) is 16.1 Å². The van der Waals surface area contributed by atoms with Crippen LogP contribution >= 0.6 is 23.6 Å². The summed E-state index contributed by atoms with van der Waals surface area (Å²) in [4.78, 5) is 16.1. The lowest BCUT2D eigenvalue weighted by atomic mass is 10.2. The lowest BCUT2D eigenvalue weighted by Gasteiger charge is -2.24. The Hall–Kier alpha value is -1.14. The number of carbonyl (C=O) groups is 1. The summed E-state index contributed by atoms with van der Waals surface area (Å²) in [5.41, 5.74) is 6.50. The zero-order valence-electron chi connectivity index (χ0n) is 13.4. The van der Waals surface area contributed by atoms with E-state index in [0.29, 0.717) is 18.2 Å². The molecule has 0 radical (unpaired) electrons. The normalized spacial score (nSPS) is 11.3. The molecule has 4 nitrogen and oxygen atoms in total. The Labute approximate surface area is 136 Å². The van der Waals surface area contributed by atoms with Gasteiger partial charge in [0, 0.05) is 22.8 Å². The Bertz CT molecular complexity index is 518. The molecule has 0 bridgehead atoms. The molecule has 21 heavy (non-hydrogen) atoms. The van der Waals surface area contributed by atoms with Gasteiger partial charge in [0.2, 0.25) is 0 Å². The standard InChI is InChI=1S/C15H24N2O2S2/c1-10-8-12(11(2)21-10)9-17(14(16)20)7-6-13(18)19-15(3,4)5/h8H,6-7,9H2,1-5H3,(H2,16,20). The van der Waals surface area contributed by atoms with Gasteiger partial charge in [-0.25, -0.2) is 0 Å². The van der Waals surface area contributed by atoms with Crippen molar-refractivity contribution in [2.75, 3.05) is 6.54 Å². The molecule has 0 atom stereocenters. The number of ether oxygens (including phenoxy) is 1. The third kappa shape index (κ3) is 6.44. The Morgan fingerprint density at radius 2 is 2.05 bits per heavy atom. The summed E-state index contributed by atoms with van der Waals surface area (Å²) in [5.74, 6) is -0.234. The van der Waals surface area contributed by atoms with Crippen LogP contribution in [0.3, 0.4) is 0 Å². The minimum atomic E-state index is -0.466. The van der Waals surface area contributed by atoms with Crippen LogP contribution in [0.4, 0.5) is 0 Å². The molecular weight excluding hydrogens is 304 g/mol. The highest BCUT2D eigenvalue weighted by atomic mass is 32.1. The molecule has 0 spiro atoms. The van der Waals surface area contributed by atoms with Gasteiger partial charge in [0.15, 0.2) is 5.11 Å². The van der Waals surface area contributed by atoms with Gasteiger partial charge in [-0.3, -0.25) is 4.79 Å². The van der Waals surface area contributed by atoms with Crippen LogP contribution in [0.1, 0.15) is 42.5 Å². The Balaban J connectivity index is 2.61. The molecule has 0 unspecified atom stereocenters. The Kier molecular flexibility index (Phi) is 6.16. The molecule has 0 aliphatic heterocycles. The van der Waals surface area contributed by atoms with Crippen molar-refractivity contribution in [2.24, 2.45) is 5.73 Å². The second-order valence-corrected chi connectivity index (χ2v) is 7.91. The van der Waals surface area contributed by atoms with E-state index in [9.17, 15) is 4.79 Å². The van der Waals surface area contributed by atoms with Crippen LogP contribution in [0, 0.1) is 13.8 Å². The molecule has 1 aromatic rings. The second kappa shape index (κ2) is 7.22. The van der Waals surface area contributed by atoms with E-state index in [1.165, 1.54) is 15.3 Å². The summed E-state index contributed by atoms with van der Waals surface area (Å²) in [7, 11) is 0. The molecule has 0 amide bonds. The van der Waals surface area contributed by atoms with Crippen LogP contribution in [0.25, 0.3) is 0 Å². The van der Waals surface area contributed by atoms with Crippen LogP contribution in [-0.4, -0.2) is 28.1 Å². The first-order valence-corrected chi connectivity index (χ1v) is 8.13. The minimum Gasteiger partial charge on any atom is -0.460 e. The maximum Gasteiger partial charge on any atom is 0.308 e. The summed E-state index contributed by atoms with van der Waals surface area (Å²) in [5, 5.41) is 0.307. The zero-order valence-corrected chi connectivity index (χ0v) is 15.0. The number of carbonyl (C=O) groups excluding carboxylic acids is 1. The molecule has 6 heteroatoms. The lowest BCUT2D eigenvalue weighted by molar-refractivity contribution is -0.154. The minimum absolute atomic E-state index is 0.234. The predicted octanol–water partition coefficient (Wildman–Crippen LogP) is 3.14. The zero-order chi connectivity index (χ0) is 16.2. The van der Waals surface area contributed by atoms with Gasteiger partial charge in [-0.1, -0.05) is 0 Å². The Morgan fingerprint density at radius 3 is 2.48 bits per heavy atom. The molecule has 0 aliphatic carbocycles. The van der Waals surface area contributed by atoms with E-state index in [1.807, 2.05) is 25.7 Å². The largest absolute Gasteiger partial charge is 0.460 e. The fourth-order valence-electron chi connectivity index (χ4n) is 1.93. The van der Waals surface area contributed by atoms with Crippen molar-refractivity contribution in [3.05, 3.63) is 21.4 Å². The molecular formula is C15H24N2O2S2. The molecule has 1 aromatic heterocycles. The predicted molar refractivity (Wildman–Crippen MR) is 91.5 cm³/mol. The number of aryl methyl sites for hydroxylation is 2. The van der Waals surface area contributed by atoms with E-state index in [2.05, 4.69) is 19.9 Å². The maximum absolute atomic E-state index is 11.8. The number of rotatable bonds is 5. The lowest BCUT2D eigenvalue weighted by Crippen LogP contribution is -2.37. The van der Waals surface area contributed by atoms with E-state index in [0.717, 1.165) is 0 Å². The van der Waals surface area contributed by atoms with Crippen molar-refractivity contribution in [3.8, 4) is 0 Å². The topological polar surface area (TPSA) is 55.6 Å². The summed E-state index contributed by atoms with van der Waals surface area (Å²) < 4.78 is 5.30. The molecule has 1 heterocycles. The fourth-order valence-corrected chi connectivity index (χ4v) is 3.03. The van der Waals surface area contributed by atoms with E-state index in [1.54, 1.807) is 11.3 Å². The van der Waals surface area contributed by atoms with Gasteiger partial charge in [0.1, 0.15) is 5.60 Å². The van der Waals surface area contributed by atoms with E-state index in [4.69, 9.17) is 22.7 Å². The summed E-state index contributed by atoms with van der Waals surface area (Å²) in [6.45, 7) is 10.8. The average Bonchev–Trinajstić information content (AvgIpc) is 2.60. The van der Waals surface area contributed by atoms with Gasteiger partial charge in [0.05, 0.1) is 6.42 Å². The van der Waals surface area contributed by atoms with Crippen molar-refractivity contribution in [3.63, 3.8) is 0 Å². The molecule has 0 fully saturated rings. The van der Waals surface area contributed by atoms with Crippen LogP contribution < -0.4 is 5.73 Å². The highest BCUT2D eigenvalue weighted by Gasteiger charge is 2.18. The van der Waals surface area contributed by atoms with Gasteiger partial charge in [-0.05, 0) is 58.5 Å². The van der Waals surface area contributed by atoms with Crippen molar-refractivity contribution in [2.45, 2.75) is 53.2 Å². The van der Waals surface area contributed by atoms with Gasteiger partial charge >= 0.3 is 5.97 Å². The smallest absolute Gasteiger partial charge is 0.308 e. The number of hydrogen-bond acceptors (Lipinski definition) is 4. The van der Waals surface area contributed by atoms with Crippen molar-refractivity contribution in [1.29, 1.82) is 0 Å². The summed E-state index contributed by atoms with van der Waals surface area (Å²) in [6.07, 6.45) is 0.275. The van der Waals surface area contributed by atoms with Crippen molar-refractivity contribution in [1.82, 2.24) is 4.90 Å². The molecule has 1 rings (SSSR count). The monoisotopic (exact) mass is 328 g/mol. The van der Waals surface area contributed by atoms with Gasteiger partial charge in [-0.15, -0.1) is 11.3 Å². The summed E-state index contributed by atoms with van der Waals surface area (Å²) >= 11 is 6.84. The molecule has 2 N–H and O–H groups in total. The first-order valence-electron chi connectivity index (χ1n) is 6.90. The molecule has 0 aliphatic rings. The molecule has 0 aromatic carbocycles. The summed E-state index contributed by atoms with van der Waals surface area (Å²) in [6, 6.07) is 2.14. The highest BCUT2D eigenvalue weighted by Crippen LogP contribution is 2.22. The number of thiocarbonyl (C=S) groups is 1. The fraction of sp³-hybridized carbons (Fsp3) is 0.600. The van der Waals surface area contributed by atoms with Crippen molar-refractivity contribution >= 4 is 34.6 Å². The first-order chi connectivity index (χ1) is 9.58.